The maximum Gasteiger partial charge on any atom is 0.229 e. The Morgan fingerprint density at radius 2 is 1.95 bits per heavy atom. The van der Waals surface area contributed by atoms with E-state index in [4.69, 9.17) is 15.0 Å². The molecule has 1 unspecified atom stereocenters. The number of hydrogen-bond acceptors (Lipinski definition) is 5. The highest BCUT2D eigenvalue weighted by Gasteiger charge is 2.13. The molecule has 2 rings (SSSR count). The normalized spacial score (nSPS) is 12.6. The highest BCUT2D eigenvalue weighted by molar-refractivity contribution is 5.30. The first-order chi connectivity index (χ1) is 9.60. The molecule has 2 aromatic rings. The summed E-state index contributed by atoms with van der Waals surface area (Å²) >= 11 is 0. The molecule has 20 heavy (non-hydrogen) atoms. The lowest BCUT2D eigenvalue weighted by molar-refractivity contribution is 0.102. The number of aryl methyl sites for hydroxylation is 2. The molecule has 5 nitrogen and oxygen atoms in total. The number of rotatable bonds is 6. The van der Waals surface area contributed by atoms with Gasteiger partial charge in [0.1, 0.15) is 0 Å². The lowest BCUT2D eigenvalue weighted by atomic mass is 10.1. The Morgan fingerprint density at radius 3 is 2.55 bits per heavy atom. The van der Waals surface area contributed by atoms with Crippen LogP contribution in [0.4, 0.5) is 0 Å². The van der Waals surface area contributed by atoms with E-state index in [-0.39, 0.29) is 6.10 Å². The van der Waals surface area contributed by atoms with E-state index in [0.29, 0.717) is 31.1 Å². The summed E-state index contributed by atoms with van der Waals surface area (Å²) in [5.74, 6) is 1.26. The quantitative estimate of drug-likeness (QED) is 0.870. The third-order valence-electron chi connectivity index (χ3n) is 3.15. The highest BCUT2D eigenvalue weighted by atomic mass is 16.5. The Bertz CT molecular complexity index is 542. The largest absolute Gasteiger partial charge is 0.380 e. The third-order valence-corrected chi connectivity index (χ3v) is 3.15. The zero-order chi connectivity index (χ0) is 14.5. The van der Waals surface area contributed by atoms with Crippen molar-refractivity contribution in [3.63, 3.8) is 0 Å². The fourth-order valence-electron chi connectivity index (χ4n) is 2.26. The first kappa shape index (κ1) is 14.7. The molecule has 2 N–H and O–H groups in total. The lowest BCUT2D eigenvalue weighted by Gasteiger charge is -2.08. The Kier molecular flexibility index (Phi) is 4.87. The minimum atomic E-state index is -0.0792. The molecule has 0 saturated carbocycles. The van der Waals surface area contributed by atoms with Crippen LogP contribution in [-0.2, 0) is 17.6 Å². The number of methoxy groups -OCH3 is 1. The van der Waals surface area contributed by atoms with E-state index in [1.165, 1.54) is 16.7 Å². The van der Waals surface area contributed by atoms with Crippen molar-refractivity contribution in [1.29, 1.82) is 0 Å². The van der Waals surface area contributed by atoms with Crippen LogP contribution in [0.3, 0.4) is 0 Å². The number of ether oxygens (including phenoxy) is 1. The van der Waals surface area contributed by atoms with Gasteiger partial charge in [-0.2, -0.15) is 4.98 Å². The van der Waals surface area contributed by atoms with E-state index in [0.717, 1.165) is 0 Å². The fourth-order valence-corrected chi connectivity index (χ4v) is 2.26. The van der Waals surface area contributed by atoms with Gasteiger partial charge in [-0.25, -0.2) is 0 Å². The average Bonchev–Trinajstić information content (AvgIpc) is 2.82. The van der Waals surface area contributed by atoms with Gasteiger partial charge < -0.3 is 15.0 Å². The van der Waals surface area contributed by atoms with Crippen molar-refractivity contribution in [2.45, 2.75) is 32.8 Å². The van der Waals surface area contributed by atoms with Gasteiger partial charge in [0.2, 0.25) is 5.89 Å². The summed E-state index contributed by atoms with van der Waals surface area (Å²) in [6, 6.07) is 6.43. The van der Waals surface area contributed by atoms with E-state index in [9.17, 15) is 0 Å². The molecule has 0 aliphatic carbocycles. The number of aromatic nitrogens is 2. The minimum Gasteiger partial charge on any atom is -0.380 e. The molecule has 108 valence electrons. The van der Waals surface area contributed by atoms with Crippen molar-refractivity contribution in [1.82, 2.24) is 10.1 Å². The molecule has 0 saturated heterocycles. The van der Waals surface area contributed by atoms with Crippen LogP contribution in [0.1, 0.15) is 28.4 Å². The minimum absolute atomic E-state index is 0.0792. The van der Waals surface area contributed by atoms with Gasteiger partial charge in [-0.1, -0.05) is 34.5 Å². The van der Waals surface area contributed by atoms with Gasteiger partial charge in [-0.15, -0.1) is 0 Å². The molecule has 0 aliphatic heterocycles. The first-order valence-corrected chi connectivity index (χ1v) is 6.72. The number of nitrogens with two attached hydrogens (primary N) is 1. The zero-order valence-electron chi connectivity index (χ0n) is 12.2. The Morgan fingerprint density at radius 1 is 1.25 bits per heavy atom. The summed E-state index contributed by atoms with van der Waals surface area (Å²) in [5.41, 5.74) is 9.26. The Hall–Kier alpha value is -1.72. The monoisotopic (exact) mass is 275 g/mol. The van der Waals surface area contributed by atoms with Crippen molar-refractivity contribution in [3.8, 4) is 0 Å². The van der Waals surface area contributed by atoms with Crippen LogP contribution >= 0.6 is 0 Å². The second kappa shape index (κ2) is 6.63. The van der Waals surface area contributed by atoms with Gasteiger partial charge in [-0.05, 0) is 19.4 Å². The Labute approximate surface area is 119 Å². The van der Waals surface area contributed by atoms with Gasteiger partial charge in [-0.3, -0.25) is 0 Å². The predicted octanol–water partition coefficient (Wildman–Crippen LogP) is 1.79. The van der Waals surface area contributed by atoms with Crippen molar-refractivity contribution in [2.75, 3.05) is 13.7 Å². The fraction of sp³-hybridized carbons (Fsp3) is 0.467. The van der Waals surface area contributed by atoms with Crippen LogP contribution in [-0.4, -0.2) is 29.9 Å². The number of benzene rings is 1. The van der Waals surface area contributed by atoms with Gasteiger partial charge in [0, 0.05) is 20.1 Å². The second-order valence-corrected chi connectivity index (χ2v) is 5.07. The molecule has 5 heteroatoms. The summed E-state index contributed by atoms with van der Waals surface area (Å²) in [4.78, 5) is 4.39. The van der Waals surface area contributed by atoms with Crippen LogP contribution in [0.25, 0.3) is 0 Å². The average molecular weight is 275 g/mol. The van der Waals surface area contributed by atoms with E-state index in [1.54, 1.807) is 7.11 Å². The molecule has 1 aromatic carbocycles. The van der Waals surface area contributed by atoms with Crippen LogP contribution in [0, 0.1) is 13.8 Å². The molecule has 1 heterocycles. The molecule has 0 amide bonds. The van der Waals surface area contributed by atoms with E-state index < -0.39 is 0 Å². The van der Waals surface area contributed by atoms with Crippen molar-refractivity contribution in [3.05, 3.63) is 46.6 Å². The molecule has 1 aromatic heterocycles. The van der Waals surface area contributed by atoms with Crippen molar-refractivity contribution in [2.24, 2.45) is 5.73 Å². The first-order valence-electron chi connectivity index (χ1n) is 6.72. The third kappa shape index (κ3) is 3.88. The van der Waals surface area contributed by atoms with Gasteiger partial charge in [0.15, 0.2) is 5.82 Å². The molecule has 0 bridgehead atoms. The zero-order valence-corrected chi connectivity index (χ0v) is 12.2. The van der Waals surface area contributed by atoms with Crippen LogP contribution < -0.4 is 5.73 Å². The maximum absolute atomic E-state index is 5.58. The summed E-state index contributed by atoms with van der Waals surface area (Å²) < 4.78 is 10.4. The van der Waals surface area contributed by atoms with E-state index in [2.05, 4.69) is 42.2 Å². The van der Waals surface area contributed by atoms with E-state index in [1.807, 2.05) is 0 Å². The van der Waals surface area contributed by atoms with Gasteiger partial charge in [0.05, 0.1) is 12.5 Å². The van der Waals surface area contributed by atoms with Gasteiger partial charge >= 0.3 is 0 Å². The number of nitrogens with zero attached hydrogens (tertiary/aromatic N) is 2. The topological polar surface area (TPSA) is 74.2 Å². The van der Waals surface area contributed by atoms with Crippen molar-refractivity contribution < 1.29 is 9.26 Å². The molecule has 1 atom stereocenters. The number of hydrogen-bond donors (Lipinski definition) is 1. The van der Waals surface area contributed by atoms with Gasteiger partial charge in [0.25, 0.3) is 0 Å². The summed E-state index contributed by atoms with van der Waals surface area (Å²) in [7, 11) is 1.63. The lowest BCUT2D eigenvalue weighted by Crippen LogP contribution is -2.24. The molecular weight excluding hydrogens is 254 g/mol. The van der Waals surface area contributed by atoms with Crippen LogP contribution in [0.5, 0.6) is 0 Å². The van der Waals surface area contributed by atoms with Crippen LogP contribution in [0.2, 0.25) is 0 Å². The maximum atomic E-state index is 5.58. The SMILES string of the molecule is COC(CN)Cc1nc(Cc2cc(C)cc(C)c2)no1. The molecule has 0 radical (unpaired) electrons. The smallest absolute Gasteiger partial charge is 0.229 e. The predicted molar refractivity (Wildman–Crippen MR) is 76.6 cm³/mol. The molecule has 0 aliphatic rings. The Balaban J connectivity index is 2.05. The van der Waals surface area contributed by atoms with Crippen LogP contribution in [0.15, 0.2) is 22.7 Å². The summed E-state index contributed by atoms with van der Waals surface area (Å²) in [5, 5.41) is 4.01. The summed E-state index contributed by atoms with van der Waals surface area (Å²) in [6.45, 7) is 4.61. The highest BCUT2D eigenvalue weighted by Crippen LogP contribution is 2.13. The molecule has 0 fully saturated rings. The van der Waals surface area contributed by atoms with Crippen molar-refractivity contribution >= 4 is 0 Å². The standard InChI is InChI=1S/C15H21N3O2/c1-10-4-11(2)6-12(5-10)7-14-17-15(20-18-14)8-13(9-16)19-3/h4-6,13H,7-9,16H2,1-3H3. The van der Waals surface area contributed by atoms with E-state index >= 15 is 0 Å². The molecule has 0 spiro atoms. The molecular formula is C15H21N3O2. The second-order valence-electron chi connectivity index (χ2n) is 5.07. The summed E-state index contributed by atoms with van der Waals surface area (Å²) in [6.07, 6.45) is 1.14.